The fourth-order valence-corrected chi connectivity index (χ4v) is 1.57. The Bertz CT molecular complexity index is 344. The summed E-state index contributed by atoms with van der Waals surface area (Å²) in [6, 6.07) is 5.04. The number of benzene rings is 1. The average Bonchev–Trinajstić information content (AvgIpc) is 2.10. The van der Waals surface area contributed by atoms with Crippen LogP contribution in [0.5, 0.6) is 0 Å². The molecule has 4 heteroatoms. The van der Waals surface area contributed by atoms with Gasteiger partial charge in [-0.3, -0.25) is 0 Å². The first-order valence-corrected chi connectivity index (χ1v) is 4.70. The average molecular weight is 217 g/mol. The minimum atomic E-state index is -4.27. The second-order valence-electron chi connectivity index (χ2n) is 3.69. The molecule has 0 saturated carbocycles. The van der Waals surface area contributed by atoms with E-state index in [0.717, 1.165) is 5.56 Å². The zero-order valence-corrected chi connectivity index (χ0v) is 8.73. The Kier molecular flexibility index (Phi) is 3.39. The molecule has 0 spiro atoms. The lowest BCUT2D eigenvalue weighted by Crippen LogP contribution is -2.28. The van der Waals surface area contributed by atoms with Gasteiger partial charge >= 0.3 is 6.18 Å². The molecule has 0 bridgehead atoms. The van der Waals surface area contributed by atoms with E-state index in [4.69, 9.17) is 5.73 Å². The minimum absolute atomic E-state index is 0.282. The van der Waals surface area contributed by atoms with Crippen LogP contribution in [0.15, 0.2) is 18.2 Å². The Morgan fingerprint density at radius 1 is 1.27 bits per heavy atom. The molecule has 0 saturated heterocycles. The number of halogens is 3. The van der Waals surface area contributed by atoms with Gasteiger partial charge in [-0.05, 0) is 25.0 Å². The van der Waals surface area contributed by atoms with Gasteiger partial charge in [0.25, 0.3) is 0 Å². The molecule has 0 amide bonds. The molecule has 0 radical (unpaired) electrons. The van der Waals surface area contributed by atoms with Crippen LogP contribution in [0.4, 0.5) is 13.2 Å². The van der Waals surface area contributed by atoms with Gasteiger partial charge in [0.05, 0.1) is 5.92 Å². The SMILES string of the molecule is Cc1ccc(C)c(C(CN)C(F)(F)F)c1. The van der Waals surface area contributed by atoms with Crippen molar-refractivity contribution in [3.8, 4) is 0 Å². The van der Waals surface area contributed by atoms with E-state index in [-0.39, 0.29) is 5.56 Å². The van der Waals surface area contributed by atoms with Gasteiger partial charge in [-0.25, -0.2) is 0 Å². The summed E-state index contributed by atoms with van der Waals surface area (Å²) in [7, 11) is 0. The van der Waals surface area contributed by atoms with Crippen LogP contribution in [0.2, 0.25) is 0 Å². The second-order valence-corrected chi connectivity index (χ2v) is 3.69. The summed E-state index contributed by atoms with van der Waals surface area (Å²) in [5.41, 5.74) is 6.92. The highest BCUT2D eigenvalue weighted by Gasteiger charge is 2.40. The summed E-state index contributed by atoms with van der Waals surface area (Å²) in [4.78, 5) is 0. The lowest BCUT2D eigenvalue weighted by atomic mass is 9.93. The van der Waals surface area contributed by atoms with Crippen LogP contribution in [-0.4, -0.2) is 12.7 Å². The van der Waals surface area contributed by atoms with Crippen molar-refractivity contribution < 1.29 is 13.2 Å². The molecule has 15 heavy (non-hydrogen) atoms. The van der Waals surface area contributed by atoms with Crippen LogP contribution < -0.4 is 5.73 Å². The molecule has 1 rings (SSSR count). The van der Waals surface area contributed by atoms with Crippen molar-refractivity contribution in [2.45, 2.75) is 25.9 Å². The summed E-state index contributed by atoms with van der Waals surface area (Å²) in [5.74, 6) is -1.56. The first kappa shape index (κ1) is 12.0. The molecule has 0 heterocycles. The zero-order valence-electron chi connectivity index (χ0n) is 8.73. The van der Waals surface area contributed by atoms with Crippen molar-refractivity contribution in [3.05, 3.63) is 34.9 Å². The number of nitrogens with two attached hydrogens (primary N) is 1. The molecule has 1 unspecified atom stereocenters. The Morgan fingerprint density at radius 3 is 2.33 bits per heavy atom. The fraction of sp³-hybridized carbons (Fsp3) is 0.455. The highest BCUT2D eigenvalue weighted by Crippen LogP contribution is 2.35. The molecular weight excluding hydrogens is 203 g/mol. The van der Waals surface area contributed by atoms with E-state index >= 15 is 0 Å². The molecule has 0 fully saturated rings. The lowest BCUT2D eigenvalue weighted by Gasteiger charge is -2.21. The fourth-order valence-electron chi connectivity index (χ4n) is 1.57. The summed E-state index contributed by atoms with van der Waals surface area (Å²) >= 11 is 0. The normalized spacial score (nSPS) is 14.0. The second kappa shape index (κ2) is 4.23. The van der Waals surface area contributed by atoms with E-state index in [0.29, 0.717) is 5.56 Å². The van der Waals surface area contributed by atoms with Crippen LogP contribution in [0.3, 0.4) is 0 Å². The number of hydrogen-bond donors (Lipinski definition) is 1. The van der Waals surface area contributed by atoms with Crippen molar-refractivity contribution in [1.29, 1.82) is 0 Å². The molecule has 0 aliphatic carbocycles. The Hall–Kier alpha value is -1.03. The standard InChI is InChI=1S/C11H14F3N/c1-7-3-4-8(2)9(5-7)10(6-15)11(12,13)14/h3-5,10H,6,15H2,1-2H3. The van der Waals surface area contributed by atoms with Crippen LogP contribution in [0.1, 0.15) is 22.6 Å². The van der Waals surface area contributed by atoms with Gasteiger partial charge < -0.3 is 5.73 Å². The molecule has 2 N–H and O–H groups in total. The van der Waals surface area contributed by atoms with Crippen molar-refractivity contribution >= 4 is 0 Å². The van der Waals surface area contributed by atoms with E-state index < -0.39 is 18.6 Å². The molecule has 84 valence electrons. The third-order valence-corrected chi connectivity index (χ3v) is 2.44. The van der Waals surface area contributed by atoms with Crippen LogP contribution >= 0.6 is 0 Å². The predicted molar refractivity (Wildman–Crippen MR) is 53.8 cm³/mol. The van der Waals surface area contributed by atoms with Gasteiger partial charge in [-0.2, -0.15) is 13.2 Å². The Morgan fingerprint density at radius 2 is 1.87 bits per heavy atom. The molecule has 1 aromatic carbocycles. The third kappa shape index (κ3) is 2.72. The maximum Gasteiger partial charge on any atom is 0.396 e. The minimum Gasteiger partial charge on any atom is -0.330 e. The van der Waals surface area contributed by atoms with Gasteiger partial charge in [0.2, 0.25) is 0 Å². The highest BCUT2D eigenvalue weighted by molar-refractivity contribution is 5.34. The van der Waals surface area contributed by atoms with Gasteiger partial charge in [-0.15, -0.1) is 0 Å². The molecule has 0 aromatic heterocycles. The van der Waals surface area contributed by atoms with Gasteiger partial charge in [-0.1, -0.05) is 23.8 Å². The number of aryl methyl sites for hydroxylation is 2. The van der Waals surface area contributed by atoms with Gasteiger partial charge in [0, 0.05) is 6.54 Å². The first-order valence-electron chi connectivity index (χ1n) is 4.70. The zero-order chi connectivity index (χ0) is 11.6. The summed E-state index contributed by atoms with van der Waals surface area (Å²) in [5, 5.41) is 0. The molecule has 0 aliphatic heterocycles. The third-order valence-electron chi connectivity index (χ3n) is 2.44. The Balaban J connectivity index is 3.18. The summed E-state index contributed by atoms with van der Waals surface area (Å²) in [6.45, 7) is 3.03. The van der Waals surface area contributed by atoms with Crippen LogP contribution in [0.25, 0.3) is 0 Å². The molecule has 1 atom stereocenters. The van der Waals surface area contributed by atoms with Crippen molar-refractivity contribution in [2.75, 3.05) is 6.54 Å². The summed E-state index contributed by atoms with van der Waals surface area (Å²) in [6.07, 6.45) is -4.27. The summed E-state index contributed by atoms with van der Waals surface area (Å²) < 4.78 is 37.9. The van der Waals surface area contributed by atoms with E-state index in [9.17, 15) is 13.2 Å². The molecule has 1 nitrogen and oxygen atoms in total. The Labute approximate surface area is 87.1 Å². The van der Waals surface area contributed by atoms with E-state index in [1.165, 1.54) is 0 Å². The van der Waals surface area contributed by atoms with Crippen LogP contribution in [0, 0.1) is 13.8 Å². The van der Waals surface area contributed by atoms with Gasteiger partial charge in [0.1, 0.15) is 0 Å². The molecule has 1 aromatic rings. The van der Waals surface area contributed by atoms with Crippen molar-refractivity contribution in [1.82, 2.24) is 0 Å². The lowest BCUT2D eigenvalue weighted by molar-refractivity contribution is -0.148. The van der Waals surface area contributed by atoms with Crippen LogP contribution in [-0.2, 0) is 0 Å². The highest BCUT2D eigenvalue weighted by atomic mass is 19.4. The monoisotopic (exact) mass is 217 g/mol. The number of rotatable bonds is 2. The van der Waals surface area contributed by atoms with E-state index in [1.54, 1.807) is 32.0 Å². The van der Waals surface area contributed by atoms with E-state index in [1.807, 2.05) is 0 Å². The topological polar surface area (TPSA) is 26.0 Å². The molecule has 0 aliphatic rings. The van der Waals surface area contributed by atoms with Gasteiger partial charge in [0.15, 0.2) is 0 Å². The first-order chi connectivity index (χ1) is 6.86. The maximum absolute atomic E-state index is 12.6. The molecular formula is C11H14F3N. The smallest absolute Gasteiger partial charge is 0.330 e. The van der Waals surface area contributed by atoms with Crippen molar-refractivity contribution in [3.63, 3.8) is 0 Å². The largest absolute Gasteiger partial charge is 0.396 e. The quantitative estimate of drug-likeness (QED) is 0.809. The van der Waals surface area contributed by atoms with Crippen molar-refractivity contribution in [2.24, 2.45) is 5.73 Å². The number of hydrogen-bond acceptors (Lipinski definition) is 1. The maximum atomic E-state index is 12.6. The number of alkyl halides is 3. The van der Waals surface area contributed by atoms with E-state index in [2.05, 4.69) is 0 Å². The predicted octanol–water partition coefficient (Wildman–Crippen LogP) is 2.91.